The van der Waals surface area contributed by atoms with Crippen molar-refractivity contribution < 1.29 is 5.11 Å². The van der Waals surface area contributed by atoms with Crippen molar-refractivity contribution in [3.8, 4) is 0 Å². The molecule has 5 saturated heterocycles. The first-order valence-electron chi connectivity index (χ1n) is 11.1. The molecular weight excluding hydrogens is 358 g/mol. The predicted molar refractivity (Wildman–Crippen MR) is 115 cm³/mol. The Hall–Kier alpha value is -1.72. The summed E-state index contributed by atoms with van der Waals surface area (Å²) in [6, 6.07) is 21.6. The van der Waals surface area contributed by atoms with Gasteiger partial charge in [-0.05, 0) is 31.0 Å². The quantitative estimate of drug-likeness (QED) is 0.854. The van der Waals surface area contributed by atoms with Gasteiger partial charge < -0.3 is 10.0 Å². The van der Waals surface area contributed by atoms with Gasteiger partial charge in [0.2, 0.25) is 0 Å². The summed E-state index contributed by atoms with van der Waals surface area (Å²) in [5, 5.41) is 12.0. The first kappa shape index (κ1) is 18.1. The zero-order valence-corrected chi connectivity index (χ0v) is 17.3. The largest absolute Gasteiger partial charge is 0.391 e. The molecule has 0 atom stereocenters. The average Bonchev–Trinajstić information content (AvgIpc) is 2.76. The van der Waals surface area contributed by atoms with Gasteiger partial charge >= 0.3 is 0 Å². The lowest BCUT2D eigenvalue weighted by atomic mass is 9.53. The third kappa shape index (κ3) is 2.29. The van der Waals surface area contributed by atoms with E-state index in [-0.39, 0.29) is 22.6 Å². The van der Waals surface area contributed by atoms with Gasteiger partial charge in [0.1, 0.15) is 0 Å². The van der Waals surface area contributed by atoms with Crippen LogP contribution in [-0.4, -0.2) is 77.9 Å². The van der Waals surface area contributed by atoms with Crippen molar-refractivity contribution in [3.63, 3.8) is 0 Å². The Morgan fingerprint density at radius 1 is 0.724 bits per heavy atom. The van der Waals surface area contributed by atoms with Gasteiger partial charge in [0.25, 0.3) is 0 Å². The smallest absolute Gasteiger partial charge is 0.0782 e. The van der Waals surface area contributed by atoms with Gasteiger partial charge in [0.05, 0.1) is 11.8 Å². The number of piperidine rings is 3. The van der Waals surface area contributed by atoms with Crippen molar-refractivity contribution in [2.24, 2.45) is 0 Å². The van der Waals surface area contributed by atoms with Gasteiger partial charge in [0, 0.05) is 50.1 Å². The van der Waals surface area contributed by atoms with Crippen LogP contribution in [0.4, 0.5) is 0 Å². The highest BCUT2D eigenvalue weighted by atomic mass is 16.3. The monoisotopic (exact) mass is 389 g/mol. The summed E-state index contributed by atoms with van der Waals surface area (Å²) in [4.78, 5) is 7.99. The average molecular weight is 390 g/mol. The van der Waals surface area contributed by atoms with E-state index in [0.29, 0.717) is 0 Å². The molecule has 7 rings (SSSR count). The molecule has 2 aromatic rings. The third-order valence-corrected chi connectivity index (χ3v) is 8.60. The highest BCUT2D eigenvalue weighted by Crippen LogP contribution is 2.57. The number of aliphatic hydroxyl groups excluding tert-OH is 1. The molecule has 0 unspecified atom stereocenters. The third-order valence-electron chi connectivity index (χ3n) is 8.60. The Balaban J connectivity index is 1.50. The minimum atomic E-state index is -0.365. The van der Waals surface area contributed by atoms with E-state index in [1.807, 2.05) is 0 Å². The molecule has 0 amide bonds. The van der Waals surface area contributed by atoms with Crippen LogP contribution in [0.2, 0.25) is 0 Å². The van der Waals surface area contributed by atoms with Gasteiger partial charge in [-0.3, -0.25) is 9.80 Å². The first-order valence-corrected chi connectivity index (χ1v) is 11.1. The molecule has 152 valence electrons. The molecule has 0 radical (unpaired) electrons. The van der Waals surface area contributed by atoms with Crippen LogP contribution >= 0.6 is 0 Å². The maximum Gasteiger partial charge on any atom is 0.0782 e. The van der Waals surface area contributed by atoms with E-state index in [9.17, 15) is 5.11 Å². The lowest BCUT2D eigenvalue weighted by molar-refractivity contribution is -0.260. The van der Waals surface area contributed by atoms with Gasteiger partial charge in [-0.25, -0.2) is 0 Å². The Bertz CT molecular complexity index is 813. The number of nitrogens with zero attached hydrogens (tertiary/aromatic N) is 3. The first-order chi connectivity index (χ1) is 14.1. The molecule has 4 heteroatoms. The number of hydrogen-bond acceptors (Lipinski definition) is 4. The van der Waals surface area contributed by atoms with Gasteiger partial charge in [-0.15, -0.1) is 0 Å². The molecule has 5 fully saturated rings. The summed E-state index contributed by atoms with van der Waals surface area (Å²) in [7, 11) is 2.24. The number of likely N-dealkylation sites (tertiary alicyclic amines) is 1. The highest BCUT2D eigenvalue weighted by molar-refractivity contribution is 5.43. The molecule has 0 aromatic heterocycles. The van der Waals surface area contributed by atoms with Crippen LogP contribution < -0.4 is 0 Å². The predicted octanol–water partition coefficient (Wildman–Crippen LogP) is 2.29. The highest BCUT2D eigenvalue weighted by Gasteiger charge is 2.70. The molecule has 0 saturated carbocycles. The van der Waals surface area contributed by atoms with Gasteiger partial charge in [0.15, 0.2) is 0 Å². The van der Waals surface area contributed by atoms with Crippen LogP contribution in [0.25, 0.3) is 0 Å². The molecule has 2 aromatic carbocycles. The fourth-order valence-corrected chi connectivity index (χ4v) is 7.07. The van der Waals surface area contributed by atoms with E-state index in [2.05, 4.69) is 82.4 Å². The van der Waals surface area contributed by atoms with Crippen LogP contribution in [-0.2, 0) is 10.8 Å². The standard InChI is InChI=1S/C25H31N3O/c1-26-14-12-25(13-15-26)27-16-23(20-8-4-2-5-9-20)17-28(25)19-24(18-27,22(23)29)21-10-6-3-7-11-21/h2-11,22,29H,12-19H2,1H3. The molecule has 5 heterocycles. The van der Waals surface area contributed by atoms with Gasteiger partial charge in [-0.1, -0.05) is 60.7 Å². The topological polar surface area (TPSA) is 30.0 Å². The van der Waals surface area contributed by atoms with Crippen LogP contribution in [0.1, 0.15) is 24.0 Å². The van der Waals surface area contributed by atoms with Crippen molar-refractivity contribution in [1.82, 2.24) is 14.7 Å². The Labute approximate surface area is 173 Å². The van der Waals surface area contributed by atoms with E-state index >= 15 is 0 Å². The van der Waals surface area contributed by atoms with E-state index in [0.717, 1.165) is 39.3 Å². The van der Waals surface area contributed by atoms with Crippen molar-refractivity contribution in [3.05, 3.63) is 71.8 Å². The van der Waals surface area contributed by atoms with E-state index in [4.69, 9.17) is 0 Å². The fourth-order valence-electron chi connectivity index (χ4n) is 7.07. The van der Waals surface area contributed by atoms with Crippen molar-refractivity contribution in [2.45, 2.75) is 35.4 Å². The number of rotatable bonds is 2. The van der Waals surface area contributed by atoms with Crippen LogP contribution in [0.3, 0.4) is 0 Å². The summed E-state index contributed by atoms with van der Waals surface area (Å²) in [6.45, 7) is 6.18. The molecule has 29 heavy (non-hydrogen) atoms. The second-order valence-electron chi connectivity index (χ2n) is 9.94. The Morgan fingerprint density at radius 2 is 1.14 bits per heavy atom. The molecule has 5 aliphatic heterocycles. The van der Waals surface area contributed by atoms with E-state index < -0.39 is 0 Å². The SMILES string of the molecule is CN1CCC2(CC1)N1CC3(c4ccccc4)CN2CC(c2ccccc2)(C1)C3O. The fraction of sp³-hybridized carbons (Fsp3) is 0.520. The normalized spacial score (nSPS) is 40.4. The molecule has 1 N–H and O–H groups in total. The molecule has 4 nitrogen and oxygen atoms in total. The second kappa shape index (κ2) is 6.14. The molecule has 0 aliphatic carbocycles. The maximum absolute atomic E-state index is 12.0. The van der Waals surface area contributed by atoms with Crippen LogP contribution in [0.15, 0.2) is 60.7 Å². The summed E-state index contributed by atoms with van der Waals surface area (Å²) in [5.74, 6) is 0. The summed E-state index contributed by atoms with van der Waals surface area (Å²) in [6.07, 6.45) is 2.04. The maximum atomic E-state index is 12.0. The summed E-state index contributed by atoms with van der Waals surface area (Å²) >= 11 is 0. The number of aliphatic hydroxyl groups is 1. The second-order valence-corrected chi connectivity index (χ2v) is 9.94. The molecule has 1 spiro atoms. The Kier molecular flexibility index (Phi) is 3.83. The number of benzene rings is 2. The lowest BCUT2D eigenvalue weighted by Gasteiger charge is -2.74. The minimum Gasteiger partial charge on any atom is -0.391 e. The van der Waals surface area contributed by atoms with Crippen LogP contribution in [0, 0.1) is 0 Å². The summed E-state index contributed by atoms with van der Waals surface area (Å²) in [5.41, 5.74) is 2.32. The zero-order valence-electron chi connectivity index (χ0n) is 17.3. The minimum absolute atomic E-state index is 0.170. The Morgan fingerprint density at radius 3 is 1.55 bits per heavy atom. The van der Waals surface area contributed by atoms with Crippen molar-refractivity contribution in [2.75, 3.05) is 46.3 Å². The zero-order chi connectivity index (χ0) is 19.7. The van der Waals surface area contributed by atoms with Gasteiger partial charge in [-0.2, -0.15) is 0 Å². The van der Waals surface area contributed by atoms with Crippen LogP contribution in [0.5, 0.6) is 0 Å². The molecule has 4 bridgehead atoms. The van der Waals surface area contributed by atoms with E-state index in [1.54, 1.807) is 0 Å². The molecule has 5 aliphatic rings. The lowest BCUT2D eigenvalue weighted by Crippen LogP contribution is -2.88. The van der Waals surface area contributed by atoms with Crippen molar-refractivity contribution >= 4 is 0 Å². The van der Waals surface area contributed by atoms with E-state index in [1.165, 1.54) is 24.0 Å². The van der Waals surface area contributed by atoms with Crippen molar-refractivity contribution in [1.29, 1.82) is 0 Å². The molecular formula is C25H31N3O. The summed E-state index contributed by atoms with van der Waals surface area (Å²) < 4.78 is 0. The number of hydrogen-bond donors (Lipinski definition) is 1.